The van der Waals surface area contributed by atoms with Crippen LogP contribution < -0.4 is 5.32 Å². The van der Waals surface area contributed by atoms with Crippen molar-refractivity contribution in [3.05, 3.63) is 47.8 Å². The predicted octanol–water partition coefficient (Wildman–Crippen LogP) is 3.96. The van der Waals surface area contributed by atoms with Crippen LogP contribution in [0.4, 0.5) is 16.4 Å². The molecule has 1 N–H and O–H groups in total. The molecular formula is C20H23N5O2. The largest absolute Gasteiger partial charge is 0.444 e. The number of nitrogens with one attached hydrogen (secondary N) is 1. The lowest BCUT2D eigenvalue weighted by Crippen LogP contribution is -2.33. The third-order valence-electron chi connectivity index (χ3n) is 4.45. The number of benzene rings is 1. The molecule has 1 aliphatic heterocycles. The number of fused-ring (bicyclic) bond motifs is 2. The Kier molecular flexibility index (Phi) is 4.02. The van der Waals surface area contributed by atoms with Gasteiger partial charge >= 0.3 is 6.09 Å². The molecule has 7 nitrogen and oxygen atoms in total. The van der Waals surface area contributed by atoms with Gasteiger partial charge in [0.15, 0.2) is 0 Å². The molecule has 0 atom stereocenters. The first-order chi connectivity index (χ1) is 12.8. The number of aryl methyl sites for hydroxylation is 1. The Morgan fingerprint density at radius 2 is 1.93 bits per heavy atom. The summed E-state index contributed by atoms with van der Waals surface area (Å²) < 4.78 is 7.28. The Morgan fingerprint density at radius 3 is 2.67 bits per heavy atom. The summed E-state index contributed by atoms with van der Waals surface area (Å²) in [5.41, 5.74) is 1.36. The molecule has 1 aliphatic rings. The van der Waals surface area contributed by atoms with Crippen LogP contribution >= 0.6 is 0 Å². The second-order valence-electron chi connectivity index (χ2n) is 7.78. The number of carbonyl (C=O) groups is 1. The van der Waals surface area contributed by atoms with Gasteiger partial charge in [0.2, 0.25) is 0 Å². The number of nitrogens with zero attached hydrogens (tertiary/aromatic N) is 4. The van der Waals surface area contributed by atoms with E-state index in [1.807, 2.05) is 58.3 Å². The number of hydrogen-bond donors (Lipinski definition) is 1. The number of carbonyl (C=O) groups excluding carboxylic acids is 1. The zero-order valence-electron chi connectivity index (χ0n) is 16.0. The zero-order chi connectivity index (χ0) is 19.2. The average Bonchev–Trinajstić information content (AvgIpc) is 3.12. The molecule has 0 unspecified atom stereocenters. The summed E-state index contributed by atoms with van der Waals surface area (Å²) in [6, 6.07) is 10.1. The summed E-state index contributed by atoms with van der Waals surface area (Å²) in [5, 5.41) is 10.1. The fraction of sp³-hybridized carbons (Fsp3) is 0.350. The molecule has 27 heavy (non-hydrogen) atoms. The van der Waals surface area contributed by atoms with Crippen molar-refractivity contribution >= 4 is 28.5 Å². The monoisotopic (exact) mass is 365 g/mol. The maximum Gasteiger partial charge on any atom is 0.410 e. The highest BCUT2D eigenvalue weighted by molar-refractivity contribution is 5.84. The van der Waals surface area contributed by atoms with Crippen LogP contribution in [-0.2, 0) is 24.9 Å². The van der Waals surface area contributed by atoms with Crippen molar-refractivity contribution in [3.8, 4) is 0 Å². The number of aromatic nitrogens is 3. The molecule has 0 spiro atoms. The van der Waals surface area contributed by atoms with Crippen LogP contribution in [0.25, 0.3) is 10.8 Å². The lowest BCUT2D eigenvalue weighted by molar-refractivity contribution is 0.0239. The molecule has 140 valence electrons. The summed E-state index contributed by atoms with van der Waals surface area (Å²) >= 11 is 0. The molecule has 2 aromatic heterocycles. The fourth-order valence-electron chi connectivity index (χ4n) is 3.23. The number of ether oxygens (including phenoxy) is 1. The van der Waals surface area contributed by atoms with Crippen LogP contribution in [0.1, 0.15) is 32.0 Å². The third-order valence-corrected chi connectivity index (χ3v) is 4.45. The number of rotatable bonds is 2. The highest BCUT2D eigenvalue weighted by Crippen LogP contribution is 2.31. The van der Waals surface area contributed by atoms with Crippen molar-refractivity contribution in [1.82, 2.24) is 19.7 Å². The van der Waals surface area contributed by atoms with E-state index in [0.29, 0.717) is 13.1 Å². The van der Waals surface area contributed by atoms with E-state index in [0.717, 1.165) is 33.7 Å². The maximum atomic E-state index is 12.4. The normalized spacial score (nSPS) is 13.7. The van der Waals surface area contributed by atoms with E-state index < -0.39 is 5.60 Å². The Bertz CT molecular complexity index is 1020. The molecule has 0 saturated heterocycles. The number of anilines is 2. The first-order valence-corrected chi connectivity index (χ1v) is 8.95. The fourth-order valence-corrected chi connectivity index (χ4v) is 3.23. The average molecular weight is 365 g/mol. The van der Waals surface area contributed by atoms with Gasteiger partial charge in [-0.3, -0.25) is 9.58 Å². The second-order valence-corrected chi connectivity index (χ2v) is 7.78. The first kappa shape index (κ1) is 17.3. The van der Waals surface area contributed by atoms with Gasteiger partial charge in [-0.05, 0) is 32.2 Å². The van der Waals surface area contributed by atoms with Gasteiger partial charge in [-0.1, -0.05) is 24.3 Å². The van der Waals surface area contributed by atoms with Gasteiger partial charge in [-0.2, -0.15) is 5.10 Å². The zero-order valence-corrected chi connectivity index (χ0v) is 16.0. The topological polar surface area (TPSA) is 72.3 Å². The molecule has 7 heteroatoms. The van der Waals surface area contributed by atoms with E-state index in [2.05, 4.69) is 21.5 Å². The van der Waals surface area contributed by atoms with Gasteiger partial charge in [0.05, 0.1) is 18.8 Å². The van der Waals surface area contributed by atoms with Crippen molar-refractivity contribution < 1.29 is 9.53 Å². The molecule has 3 heterocycles. The van der Waals surface area contributed by atoms with E-state index in [4.69, 9.17) is 4.74 Å². The molecule has 0 bridgehead atoms. The van der Waals surface area contributed by atoms with Crippen LogP contribution in [0, 0.1) is 0 Å². The lowest BCUT2D eigenvalue weighted by atomic mass is 10.2. The summed E-state index contributed by atoms with van der Waals surface area (Å²) in [7, 11) is 1.89. The van der Waals surface area contributed by atoms with Crippen LogP contribution in [0.5, 0.6) is 0 Å². The molecule has 1 amide bonds. The van der Waals surface area contributed by atoms with Crippen LogP contribution in [-0.4, -0.2) is 31.4 Å². The molecule has 1 aromatic carbocycles. The molecule has 3 aromatic rings. The number of hydrogen-bond acceptors (Lipinski definition) is 5. The number of amides is 1. The summed E-state index contributed by atoms with van der Waals surface area (Å²) in [4.78, 5) is 18.5. The predicted molar refractivity (Wildman–Crippen MR) is 104 cm³/mol. The molecular weight excluding hydrogens is 342 g/mol. The minimum Gasteiger partial charge on any atom is -0.444 e. The van der Waals surface area contributed by atoms with Crippen molar-refractivity contribution in [2.75, 3.05) is 5.32 Å². The van der Waals surface area contributed by atoms with E-state index in [-0.39, 0.29) is 6.09 Å². The molecule has 0 aliphatic carbocycles. The minimum atomic E-state index is -0.516. The van der Waals surface area contributed by atoms with Crippen LogP contribution in [0.2, 0.25) is 0 Å². The van der Waals surface area contributed by atoms with Crippen LogP contribution in [0.3, 0.4) is 0 Å². The van der Waals surface area contributed by atoms with Crippen LogP contribution in [0.15, 0.2) is 36.5 Å². The van der Waals surface area contributed by atoms with E-state index >= 15 is 0 Å². The highest BCUT2D eigenvalue weighted by atomic mass is 16.6. The van der Waals surface area contributed by atoms with Crippen molar-refractivity contribution in [2.45, 2.75) is 39.5 Å². The third kappa shape index (κ3) is 3.45. The summed E-state index contributed by atoms with van der Waals surface area (Å²) in [6.07, 6.45) is 1.53. The maximum absolute atomic E-state index is 12.4. The smallest absolute Gasteiger partial charge is 0.410 e. The number of pyridine rings is 1. The van der Waals surface area contributed by atoms with E-state index in [9.17, 15) is 4.79 Å². The van der Waals surface area contributed by atoms with Gasteiger partial charge in [0, 0.05) is 24.2 Å². The van der Waals surface area contributed by atoms with Gasteiger partial charge in [0.1, 0.15) is 17.2 Å². The SMILES string of the molecule is Cn1nc2c(c1Nc1cc3ccccc3cn1)CN(C(=O)OC(C)(C)C)C2. The van der Waals surface area contributed by atoms with Gasteiger partial charge in [-0.15, -0.1) is 0 Å². The Balaban J connectivity index is 1.57. The first-order valence-electron chi connectivity index (χ1n) is 8.95. The van der Waals surface area contributed by atoms with Crippen molar-refractivity contribution in [2.24, 2.45) is 7.05 Å². The summed E-state index contributed by atoms with van der Waals surface area (Å²) in [6.45, 7) is 6.51. The molecule has 4 rings (SSSR count). The Hall–Kier alpha value is -3.09. The van der Waals surface area contributed by atoms with Crippen molar-refractivity contribution in [3.63, 3.8) is 0 Å². The Morgan fingerprint density at radius 1 is 1.19 bits per heavy atom. The molecule has 0 fully saturated rings. The standard InChI is InChI=1S/C20H23N5O2/c1-20(2,3)27-19(26)25-11-15-16(12-25)23-24(4)18(15)22-17-9-13-7-5-6-8-14(13)10-21-17/h5-10H,11-12H2,1-4H3,(H,21,22). The Labute approximate surface area is 157 Å². The lowest BCUT2D eigenvalue weighted by Gasteiger charge is -2.24. The second kappa shape index (κ2) is 6.26. The molecule has 0 saturated carbocycles. The van der Waals surface area contributed by atoms with Gasteiger partial charge in [0.25, 0.3) is 0 Å². The van der Waals surface area contributed by atoms with E-state index in [1.54, 1.807) is 9.58 Å². The molecule has 0 radical (unpaired) electrons. The minimum absolute atomic E-state index is 0.321. The van der Waals surface area contributed by atoms with Crippen molar-refractivity contribution in [1.29, 1.82) is 0 Å². The quantitative estimate of drug-likeness (QED) is 0.744. The van der Waals surface area contributed by atoms with Gasteiger partial charge < -0.3 is 10.1 Å². The summed E-state index contributed by atoms with van der Waals surface area (Å²) in [5.74, 6) is 1.59. The van der Waals surface area contributed by atoms with E-state index in [1.165, 1.54) is 0 Å². The highest BCUT2D eigenvalue weighted by Gasteiger charge is 2.32. The van der Waals surface area contributed by atoms with Gasteiger partial charge in [-0.25, -0.2) is 9.78 Å².